The van der Waals surface area contributed by atoms with Gasteiger partial charge in [-0.2, -0.15) is 0 Å². The molecule has 0 aromatic rings. The maximum atomic E-state index is 14.1. The van der Waals surface area contributed by atoms with Crippen LogP contribution in [-0.2, 0) is 19.2 Å². The molecule has 3 aliphatic rings. The van der Waals surface area contributed by atoms with E-state index in [9.17, 15) is 24.0 Å². The molecule has 0 unspecified atom stereocenters. The lowest BCUT2D eigenvalue weighted by molar-refractivity contribution is -0.145. The van der Waals surface area contributed by atoms with Crippen LogP contribution in [0.15, 0.2) is 0 Å². The van der Waals surface area contributed by atoms with E-state index in [-0.39, 0.29) is 29.1 Å². The Balaban J connectivity index is 1.87. The summed E-state index contributed by atoms with van der Waals surface area (Å²) in [4.78, 5) is 66.6. The third-order valence-electron chi connectivity index (χ3n) is 8.40. The molecule has 10 heteroatoms. The molecular weight excluding hydrogens is 486 g/mol. The fourth-order valence-corrected chi connectivity index (χ4v) is 6.42. The number of likely N-dealkylation sites (tertiary alicyclic amines) is 1. The number of Topliss-reactive ketones (excluding diaryl/α,β-unsaturated/α-hetero) is 1. The highest BCUT2D eigenvalue weighted by Crippen LogP contribution is 2.57. The molecule has 2 aliphatic carbocycles. The van der Waals surface area contributed by atoms with Gasteiger partial charge in [0.2, 0.25) is 17.6 Å². The van der Waals surface area contributed by atoms with Crippen LogP contribution in [0.25, 0.3) is 0 Å². The second kappa shape index (κ2) is 10.5. The van der Waals surface area contributed by atoms with Gasteiger partial charge in [-0.3, -0.25) is 19.2 Å². The maximum absolute atomic E-state index is 14.1. The van der Waals surface area contributed by atoms with Crippen molar-refractivity contribution in [1.29, 1.82) is 0 Å². The Morgan fingerprint density at radius 2 is 1.61 bits per heavy atom. The first-order chi connectivity index (χ1) is 17.3. The van der Waals surface area contributed by atoms with Gasteiger partial charge in [0.25, 0.3) is 5.91 Å². The average molecular weight is 534 g/mol. The lowest BCUT2D eigenvalue weighted by atomic mass is 9.55. The molecule has 0 aromatic heterocycles. The fraction of sp³-hybridized carbons (Fsp3) is 0.821. The Bertz CT molecular complexity index is 975. The molecule has 0 radical (unpaired) electrons. The van der Waals surface area contributed by atoms with Crippen molar-refractivity contribution in [2.24, 2.45) is 34.3 Å². The zero-order chi connectivity index (χ0) is 28.8. The second-order valence-electron chi connectivity index (χ2n) is 14.4. The fourth-order valence-electron chi connectivity index (χ4n) is 6.42. The van der Waals surface area contributed by atoms with Crippen LogP contribution in [0.2, 0.25) is 0 Å². The minimum atomic E-state index is -1.07. The predicted octanol–water partition coefficient (Wildman–Crippen LogP) is 2.10. The van der Waals surface area contributed by atoms with Crippen molar-refractivity contribution in [1.82, 2.24) is 20.9 Å². The number of carbonyl (C=O) groups excluding carboxylic acids is 5. The van der Waals surface area contributed by atoms with E-state index in [4.69, 9.17) is 5.73 Å². The highest BCUT2D eigenvalue weighted by atomic mass is 16.2. The summed E-state index contributed by atoms with van der Waals surface area (Å²) in [6, 6.07) is -3.14. The molecule has 1 saturated heterocycles. The molecule has 38 heavy (non-hydrogen) atoms. The normalized spacial score (nSPS) is 26.2. The molecule has 5 N–H and O–H groups in total. The van der Waals surface area contributed by atoms with E-state index in [0.29, 0.717) is 13.0 Å². The molecule has 5 atom stereocenters. The standard InChI is InChI=1S/C28H47N5O5/c1-26(2,3)21(31-25(38)32-27(4,5)6)24(37)33-14-16-13-28(7,8)18(16)19(33)23(36)30-17(20(34)22(29)35)12-15-10-9-11-15/h15-19,21H,9-14H2,1-8H3,(H2,29,35)(H,30,36)(H2,31,32,38)/t16-,17-,18-,19-,21+/m0/s1. The highest BCUT2D eigenvalue weighted by Gasteiger charge is 2.61. The van der Waals surface area contributed by atoms with Crippen molar-refractivity contribution in [3.05, 3.63) is 0 Å². The van der Waals surface area contributed by atoms with Gasteiger partial charge in [0.1, 0.15) is 12.1 Å². The maximum Gasteiger partial charge on any atom is 0.315 e. The van der Waals surface area contributed by atoms with E-state index in [2.05, 4.69) is 29.8 Å². The lowest BCUT2D eigenvalue weighted by Gasteiger charge is -2.49. The monoisotopic (exact) mass is 533 g/mol. The molecule has 214 valence electrons. The molecule has 3 fully saturated rings. The minimum absolute atomic E-state index is 0.0940. The zero-order valence-electron chi connectivity index (χ0n) is 24.3. The number of fused-ring (bicyclic) bond motifs is 1. The van der Waals surface area contributed by atoms with Gasteiger partial charge in [-0.1, -0.05) is 53.9 Å². The quantitative estimate of drug-likeness (QED) is 0.352. The summed E-state index contributed by atoms with van der Waals surface area (Å²) in [6.07, 6.45) is 4.18. The topological polar surface area (TPSA) is 151 Å². The molecule has 2 saturated carbocycles. The van der Waals surface area contributed by atoms with E-state index < -0.39 is 52.7 Å². The minimum Gasteiger partial charge on any atom is -0.363 e. The van der Waals surface area contributed by atoms with E-state index in [0.717, 1.165) is 25.7 Å². The smallest absolute Gasteiger partial charge is 0.315 e. The molecule has 1 aliphatic heterocycles. The molecule has 10 nitrogen and oxygen atoms in total. The van der Waals surface area contributed by atoms with Crippen LogP contribution in [0, 0.1) is 28.6 Å². The van der Waals surface area contributed by atoms with Crippen LogP contribution in [0.3, 0.4) is 0 Å². The van der Waals surface area contributed by atoms with Gasteiger partial charge in [0.05, 0.1) is 6.04 Å². The number of carbonyl (C=O) groups is 5. The predicted molar refractivity (Wildman–Crippen MR) is 144 cm³/mol. The highest BCUT2D eigenvalue weighted by molar-refractivity contribution is 6.37. The number of amides is 5. The summed E-state index contributed by atoms with van der Waals surface area (Å²) in [6.45, 7) is 15.7. The van der Waals surface area contributed by atoms with Crippen molar-refractivity contribution < 1.29 is 24.0 Å². The number of ketones is 1. The summed E-state index contributed by atoms with van der Waals surface area (Å²) in [5.41, 5.74) is 4.02. The molecule has 0 aromatic carbocycles. The molecule has 5 amide bonds. The van der Waals surface area contributed by atoms with Crippen molar-refractivity contribution in [3.8, 4) is 0 Å². The average Bonchev–Trinajstić information content (AvgIpc) is 3.05. The van der Waals surface area contributed by atoms with Crippen LogP contribution in [0.5, 0.6) is 0 Å². The lowest BCUT2D eigenvalue weighted by Crippen LogP contribution is -2.62. The second-order valence-corrected chi connectivity index (χ2v) is 14.4. The molecule has 3 rings (SSSR count). The van der Waals surface area contributed by atoms with Crippen LogP contribution < -0.4 is 21.7 Å². The first-order valence-electron chi connectivity index (χ1n) is 13.8. The van der Waals surface area contributed by atoms with Crippen molar-refractivity contribution in [3.63, 3.8) is 0 Å². The van der Waals surface area contributed by atoms with Crippen LogP contribution in [-0.4, -0.2) is 64.6 Å². The first kappa shape index (κ1) is 29.9. The summed E-state index contributed by atoms with van der Waals surface area (Å²) in [5.74, 6) is -2.34. The molecule has 0 bridgehead atoms. The Hall–Kier alpha value is -2.65. The largest absolute Gasteiger partial charge is 0.363 e. The summed E-state index contributed by atoms with van der Waals surface area (Å²) < 4.78 is 0. The van der Waals surface area contributed by atoms with Gasteiger partial charge in [-0.25, -0.2) is 4.79 Å². The Kier molecular flexibility index (Phi) is 8.25. The number of nitrogens with two attached hydrogens (primary N) is 1. The van der Waals surface area contributed by atoms with Gasteiger partial charge >= 0.3 is 6.03 Å². The van der Waals surface area contributed by atoms with Gasteiger partial charge in [-0.05, 0) is 62.2 Å². The van der Waals surface area contributed by atoms with Crippen molar-refractivity contribution in [2.75, 3.05) is 6.54 Å². The molecule has 0 spiro atoms. The van der Waals surface area contributed by atoms with E-state index in [1.54, 1.807) is 4.90 Å². The van der Waals surface area contributed by atoms with Crippen molar-refractivity contribution >= 4 is 29.5 Å². The summed E-state index contributed by atoms with van der Waals surface area (Å²) in [5, 5.41) is 8.50. The van der Waals surface area contributed by atoms with E-state index >= 15 is 0 Å². The SMILES string of the molecule is CC(C)(C)NC(=O)N[C@H](C(=O)N1C[C@@H]2CC(C)(C)[C@@H]2[C@H]1C(=O)N[C@@H](CC1CCC1)C(=O)C(N)=O)C(C)(C)C. The number of urea groups is 1. The van der Waals surface area contributed by atoms with Crippen LogP contribution in [0.1, 0.15) is 87.5 Å². The number of nitrogens with one attached hydrogen (secondary N) is 3. The molecule has 1 heterocycles. The first-order valence-corrected chi connectivity index (χ1v) is 13.8. The van der Waals surface area contributed by atoms with Crippen molar-refractivity contribution in [2.45, 2.75) is 111 Å². The summed E-state index contributed by atoms with van der Waals surface area (Å²) in [7, 11) is 0. The van der Waals surface area contributed by atoms with Gasteiger partial charge in [0, 0.05) is 12.1 Å². The van der Waals surface area contributed by atoms with E-state index in [1.807, 2.05) is 41.5 Å². The number of hydrogen-bond acceptors (Lipinski definition) is 5. The number of rotatable bonds is 8. The summed E-state index contributed by atoms with van der Waals surface area (Å²) >= 11 is 0. The Morgan fingerprint density at radius 1 is 1.00 bits per heavy atom. The third kappa shape index (κ3) is 6.49. The number of primary amides is 1. The van der Waals surface area contributed by atoms with E-state index in [1.165, 1.54) is 0 Å². The number of nitrogens with zero attached hydrogens (tertiary/aromatic N) is 1. The molecular formula is C28H47N5O5. The van der Waals surface area contributed by atoms with Gasteiger partial charge < -0.3 is 26.6 Å². The van der Waals surface area contributed by atoms with Crippen LogP contribution in [0.4, 0.5) is 4.79 Å². The third-order valence-corrected chi connectivity index (χ3v) is 8.40. The van der Waals surface area contributed by atoms with Gasteiger partial charge in [0.15, 0.2) is 0 Å². The Labute approximate surface area is 226 Å². The van der Waals surface area contributed by atoms with Crippen LogP contribution >= 0.6 is 0 Å². The van der Waals surface area contributed by atoms with Gasteiger partial charge in [-0.15, -0.1) is 0 Å². The number of hydrogen-bond donors (Lipinski definition) is 4. The zero-order valence-corrected chi connectivity index (χ0v) is 24.3. The Morgan fingerprint density at radius 3 is 2.05 bits per heavy atom.